The fourth-order valence-electron chi connectivity index (χ4n) is 2.30. The van der Waals surface area contributed by atoms with Gasteiger partial charge in [0.25, 0.3) is 0 Å². The van der Waals surface area contributed by atoms with Gasteiger partial charge in [-0.3, -0.25) is 0 Å². The van der Waals surface area contributed by atoms with Crippen LogP contribution in [0.3, 0.4) is 0 Å². The Morgan fingerprint density at radius 1 is 1.44 bits per heavy atom. The third-order valence-electron chi connectivity index (χ3n) is 3.32. The van der Waals surface area contributed by atoms with Crippen LogP contribution in [0.4, 0.5) is 5.69 Å². The first-order valence-electron chi connectivity index (χ1n) is 5.83. The topological polar surface area (TPSA) is 3.24 Å². The number of anilines is 1. The lowest BCUT2D eigenvalue weighted by molar-refractivity contribution is 0.485. The van der Waals surface area contributed by atoms with Crippen LogP contribution in [0.2, 0.25) is 5.02 Å². The molecule has 1 unspecified atom stereocenters. The predicted molar refractivity (Wildman–Crippen MR) is 74.7 cm³/mol. The number of rotatable bonds is 2. The van der Waals surface area contributed by atoms with Crippen molar-refractivity contribution in [1.82, 2.24) is 0 Å². The van der Waals surface area contributed by atoms with Gasteiger partial charge in [-0.05, 0) is 43.9 Å². The van der Waals surface area contributed by atoms with Crippen LogP contribution in [0.5, 0.6) is 0 Å². The molecule has 88 valence electrons. The monoisotopic (exact) mass is 301 g/mol. The SMILES string of the molecule is CC1CCCCN1c1ccc(CBr)c(Cl)c1. The number of hydrogen-bond acceptors (Lipinski definition) is 1. The molecule has 0 aromatic heterocycles. The van der Waals surface area contributed by atoms with Crippen LogP contribution in [0.1, 0.15) is 31.7 Å². The second kappa shape index (κ2) is 5.42. The van der Waals surface area contributed by atoms with Crippen molar-refractivity contribution < 1.29 is 0 Å². The fraction of sp³-hybridized carbons (Fsp3) is 0.538. The number of benzene rings is 1. The molecule has 1 nitrogen and oxygen atoms in total. The molecular formula is C13H17BrClN. The maximum absolute atomic E-state index is 6.24. The summed E-state index contributed by atoms with van der Waals surface area (Å²) in [6, 6.07) is 7.04. The Hall–Kier alpha value is -0.210. The Balaban J connectivity index is 2.22. The Morgan fingerprint density at radius 2 is 2.25 bits per heavy atom. The van der Waals surface area contributed by atoms with Crippen molar-refractivity contribution in [2.75, 3.05) is 11.4 Å². The van der Waals surface area contributed by atoms with E-state index in [2.05, 4.69) is 46.0 Å². The van der Waals surface area contributed by atoms with Crippen molar-refractivity contribution in [3.8, 4) is 0 Å². The van der Waals surface area contributed by atoms with Gasteiger partial charge in [0.2, 0.25) is 0 Å². The summed E-state index contributed by atoms with van der Waals surface area (Å²) >= 11 is 9.68. The molecule has 1 fully saturated rings. The normalized spacial score (nSPS) is 21.2. The number of nitrogens with zero attached hydrogens (tertiary/aromatic N) is 1. The van der Waals surface area contributed by atoms with Gasteiger partial charge in [0, 0.05) is 28.6 Å². The van der Waals surface area contributed by atoms with Crippen LogP contribution in [-0.4, -0.2) is 12.6 Å². The smallest absolute Gasteiger partial charge is 0.0467 e. The Labute approximate surface area is 111 Å². The highest BCUT2D eigenvalue weighted by Gasteiger charge is 2.18. The van der Waals surface area contributed by atoms with Gasteiger partial charge in [-0.1, -0.05) is 33.6 Å². The summed E-state index contributed by atoms with van der Waals surface area (Å²) in [5, 5.41) is 1.69. The molecule has 0 bridgehead atoms. The van der Waals surface area contributed by atoms with E-state index < -0.39 is 0 Å². The van der Waals surface area contributed by atoms with Gasteiger partial charge in [0.05, 0.1) is 0 Å². The van der Waals surface area contributed by atoms with Gasteiger partial charge in [-0.2, -0.15) is 0 Å². The Kier molecular flexibility index (Phi) is 4.15. The average Bonchev–Trinajstić information content (AvgIpc) is 2.29. The molecule has 0 saturated carbocycles. The summed E-state index contributed by atoms with van der Waals surface area (Å²) < 4.78 is 0. The number of alkyl halides is 1. The van der Waals surface area contributed by atoms with Crippen LogP contribution in [0, 0.1) is 0 Å². The van der Waals surface area contributed by atoms with E-state index in [1.165, 1.54) is 24.9 Å². The van der Waals surface area contributed by atoms with E-state index in [1.807, 2.05) is 0 Å². The van der Waals surface area contributed by atoms with Gasteiger partial charge < -0.3 is 4.90 Å². The highest BCUT2D eigenvalue weighted by molar-refractivity contribution is 9.08. The third-order valence-corrected chi connectivity index (χ3v) is 4.27. The van der Waals surface area contributed by atoms with E-state index >= 15 is 0 Å². The molecule has 16 heavy (non-hydrogen) atoms. The third kappa shape index (κ3) is 2.54. The molecule has 0 aliphatic carbocycles. The minimum atomic E-state index is 0.639. The first-order chi connectivity index (χ1) is 7.72. The van der Waals surface area contributed by atoms with Crippen LogP contribution in [-0.2, 0) is 5.33 Å². The molecule has 1 aromatic carbocycles. The van der Waals surface area contributed by atoms with Crippen LogP contribution in [0.25, 0.3) is 0 Å². The molecule has 0 radical (unpaired) electrons. The molecule has 2 rings (SSSR count). The zero-order valence-corrected chi connectivity index (χ0v) is 11.9. The Morgan fingerprint density at radius 3 is 2.88 bits per heavy atom. The standard InChI is InChI=1S/C13H17BrClN/c1-10-4-2-3-7-16(10)12-6-5-11(9-14)13(15)8-12/h5-6,8,10H,2-4,7,9H2,1H3. The summed E-state index contributed by atoms with van der Waals surface area (Å²) in [6.45, 7) is 3.45. The minimum absolute atomic E-state index is 0.639. The molecule has 0 spiro atoms. The zero-order valence-electron chi connectivity index (χ0n) is 9.55. The number of halogens is 2. The largest absolute Gasteiger partial charge is 0.369 e. The number of hydrogen-bond donors (Lipinski definition) is 0. The molecule has 1 atom stereocenters. The fourth-order valence-corrected chi connectivity index (χ4v) is 3.20. The van der Waals surface area contributed by atoms with Crippen molar-refractivity contribution >= 4 is 33.2 Å². The lowest BCUT2D eigenvalue weighted by atomic mass is 10.0. The van der Waals surface area contributed by atoms with Crippen molar-refractivity contribution in [2.45, 2.75) is 37.6 Å². The molecule has 0 amide bonds. The van der Waals surface area contributed by atoms with Gasteiger partial charge in [0.1, 0.15) is 0 Å². The van der Waals surface area contributed by atoms with Crippen molar-refractivity contribution in [2.24, 2.45) is 0 Å². The van der Waals surface area contributed by atoms with Gasteiger partial charge in [0.15, 0.2) is 0 Å². The predicted octanol–water partition coefficient (Wildman–Crippen LogP) is 4.61. The first kappa shape index (κ1) is 12.3. The summed E-state index contributed by atoms with van der Waals surface area (Å²) in [6.07, 6.45) is 3.94. The summed E-state index contributed by atoms with van der Waals surface area (Å²) in [4.78, 5) is 2.47. The molecule has 3 heteroatoms. The second-order valence-electron chi connectivity index (χ2n) is 4.45. The lowest BCUT2D eigenvalue weighted by Crippen LogP contribution is -2.37. The van der Waals surface area contributed by atoms with Gasteiger partial charge in [-0.15, -0.1) is 0 Å². The molecular weight excluding hydrogens is 286 g/mol. The molecule has 1 saturated heterocycles. The van der Waals surface area contributed by atoms with Gasteiger partial charge in [-0.25, -0.2) is 0 Å². The summed E-state index contributed by atoms with van der Waals surface area (Å²) in [7, 11) is 0. The maximum atomic E-state index is 6.24. The van der Waals surface area contributed by atoms with E-state index in [1.54, 1.807) is 0 Å². The maximum Gasteiger partial charge on any atom is 0.0467 e. The van der Waals surface area contributed by atoms with Crippen molar-refractivity contribution in [1.29, 1.82) is 0 Å². The number of piperidine rings is 1. The van der Waals surface area contributed by atoms with E-state index in [-0.39, 0.29) is 0 Å². The van der Waals surface area contributed by atoms with Crippen molar-refractivity contribution in [3.63, 3.8) is 0 Å². The van der Waals surface area contributed by atoms with E-state index in [0.717, 1.165) is 22.5 Å². The summed E-state index contributed by atoms with van der Waals surface area (Å²) in [5.41, 5.74) is 2.43. The van der Waals surface area contributed by atoms with E-state index in [0.29, 0.717) is 6.04 Å². The highest BCUT2D eigenvalue weighted by Crippen LogP contribution is 2.29. The zero-order chi connectivity index (χ0) is 11.5. The lowest BCUT2D eigenvalue weighted by Gasteiger charge is -2.35. The van der Waals surface area contributed by atoms with Crippen LogP contribution in [0.15, 0.2) is 18.2 Å². The molecule has 1 aromatic rings. The summed E-state index contributed by atoms with van der Waals surface area (Å²) in [5.74, 6) is 0. The Bertz CT molecular complexity index is 367. The van der Waals surface area contributed by atoms with Crippen LogP contribution >= 0.6 is 27.5 Å². The van der Waals surface area contributed by atoms with Crippen molar-refractivity contribution in [3.05, 3.63) is 28.8 Å². The first-order valence-corrected chi connectivity index (χ1v) is 7.33. The molecule has 1 heterocycles. The van der Waals surface area contributed by atoms with Crippen LogP contribution < -0.4 is 4.90 Å². The van der Waals surface area contributed by atoms with E-state index in [9.17, 15) is 0 Å². The van der Waals surface area contributed by atoms with E-state index in [4.69, 9.17) is 11.6 Å². The molecule has 0 N–H and O–H groups in total. The molecule has 1 aliphatic rings. The quantitative estimate of drug-likeness (QED) is 0.721. The van der Waals surface area contributed by atoms with Gasteiger partial charge >= 0.3 is 0 Å². The highest BCUT2D eigenvalue weighted by atomic mass is 79.9. The second-order valence-corrected chi connectivity index (χ2v) is 5.42. The molecule has 1 aliphatic heterocycles. The minimum Gasteiger partial charge on any atom is -0.369 e. The average molecular weight is 303 g/mol.